The maximum Gasteiger partial charge on any atom is 0.151 e. The monoisotopic (exact) mass is 280 g/mol. The smallest absolute Gasteiger partial charge is 0.151 e. The molecule has 9 nitrogen and oxygen atoms in total. The molecule has 3 rings (SSSR count). The Labute approximate surface area is 113 Å². The molecule has 1 saturated heterocycles. The largest absolute Gasteiger partial charge is 0.388 e. The molecule has 0 bridgehead atoms. The molecule has 2 aromatic rings. The van der Waals surface area contributed by atoms with Gasteiger partial charge in [-0.2, -0.15) is 0 Å². The van der Waals surface area contributed by atoms with Crippen LogP contribution in [0.3, 0.4) is 0 Å². The first-order chi connectivity index (χ1) is 9.58. The van der Waals surface area contributed by atoms with Gasteiger partial charge < -0.3 is 31.1 Å². The Kier molecular flexibility index (Phi) is 3.07. The van der Waals surface area contributed by atoms with E-state index < -0.39 is 17.7 Å². The van der Waals surface area contributed by atoms with Crippen LogP contribution in [0.2, 0.25) is 0 Å². The van der Waals surface area contributed by atoms with E-state index in [2.05, 4.69) is 25.1 Å². The third-order valence-corrected chi connectivity index (χ3v) is 3.74. The Hall–Kier alpha value is -1.78. The highest BCUT2D eigenvalue weighted by atomic mass is 16.6. The van der Waals surface area contributed by atoms with Crippen molar-refractivity contribution < 1.29 is 15.1 Å². The Morgan fingerprint density at radius 2 is 2.30 bits per heavy atom. The zero-order chi connectivity index (χ0) is 14.3. The zero-order valence-corrected chi connectivity index (χ0v) is 10.6. The highest BCUT2D eigenvalue weighted by Crippen LogP contribution is 2.35. The molecular formula is C11H16N6O3. The summed E-state index contributed by atoms with van der Waals surface area (Å²) >= 11 is 0. The predicted molar refractivity (Wildman–Crippen MR) is 70.1 cm³/mol. The highest BCUT2D eigenvalue weighted by molar-refractivity contribution is 5.87. The predicted octanol–water partition coefficient (Wildman–Crippen LogP) is -2.05. The van der Waals surface area contributed by atoms with Crippen molar-refractivity contribution in [3.63, 3.8) is 0 Å². The van der Waals surface area contributed by atoms with Crippen molar-refractivity contribution in [1.29, 1.82) is 0 Å². The fourth-order valence-corrected chi connectivity index (χ4v) is 2.63. The van der Waals surface area contributed by atoms with Crippen LogP contribution in [0.4, 0.5) is 5.82 Å². The topological polar surface area (TPSA) is 155 Å². The third kappa shape index (κ3) is 1.76. The van der Waals surface area contributed by atoms with E-state index in [-0.39, 0.29) is 19.0 Å². The number of anilines is 1. The van der Waals surface area contributed by atoms with Gasteiger partial charge in [0, 0.05) is 18.3 Å². The van der Waals surface area contributed by atoms with Crippen molar-refractivity contribution in [3.8, 4) is 0 Å². The van der Waals surface area contributed by atoms with Gasteiger partial charge in [-0.1, -0.05) is 0 Å². The van der Waals surface area contributed by atoms with Crippen molar-refractivity contribution in [1.82, 2.24) is 20.3 Å². The molecule has 0 aromatic carbocycles. The number of aliphatic hydroxyl groups excluding tert-OH is 1. The van der Waals surface area contributed by atoms with E-state index in [4.69, 9.17) is 11.6 Å². The van der Waals surface area contributed by atoms with Crippen molar-refractivity contribution >= 4 is 16.9 Å². The minimum atomic E-state index is -1.50. The summed E-state index contributed by atoms with van der Waals surface area (Å²) in [5.74, 6) is 5.30. The second-order valence-corrected chi connectivity index (χ2v) is 4.87. The molecule has 0 amide bonds. The first-order valence-electron chi connectivity index (χ1n) is 6.11. The number of nitrogens with two attached hydrogens (primary N) is 2. The van der Waals surface area contributed by atoms with Crippen LogP contribution in [0, 0.1) is 0 Å². The minimum Gasteiger partial charge on any atom is -0.388 e. The van der Waals surface area contributed by atoms with Crippen molar-refractivity contribution in [2.24, 2.45) is 5.90 Å². The SMILES string of the molecule is NOCC1NCC(O)(c2c[nH]c3c(N)ncnc23)C1O. The number of nitrogens with zero attached hydrogens (tertiary/aromatic N) is 2. The van der Waals surface area contributed by atoms with Gasteiger partial charge in [0.1, 0.15) is 23.5 Å². The minimum absolute atomic E-state index is 0.0863. The molecule has 1 aliphatic rings. The number of aromatic amines is 1. The maximum atomic E-state index is 10.8. The van der Waals surface area contributed by atoms with Gasteiger partial charge in [0.15, 0.2) is 5.82 Å². The molecule has 3 atom stereocenters. The second-order valence-electron chi connectivity index (χ2n) is 4.87. The molecule has 3 unspecified atom stereocenters. The lowest BCUT2D eigenvalue weighted by Gasteiger charge is -2.26. The summed E-state index contributed by atoms with van der Waals surface area (Å²) in [7, 11) is 0. The molecule has 0 spiro atoms. The Morgan fingerprint density at radius 1 is 1.50 bits per heavy atom. The number of aromatic nitrogens is 3. The second kappa shape index (κ2) is 4.65. The average molecular weight is 280 g/mol. The quantitative estimate of drug-likeness (QED) is 0.351. The number of hydrogen-bond acceptors (Lipinski definition) is 8. The summed E-state index contributed by atoms with van der Waals surface area (Å²) in [6.07, 6.45) is 1.81. The molecule has 0 aliphatic carbocycles. The van der Waals surface area contributed by atoms with Crippen LogP contribution < -0.4 is 16.9 Å². The van der Waals surface area contributed by atoms with Crippen LogP contribution in [-0.2, 0) is 10.4 Å². The van der Waals surface area contributed by atoms with Crippen LogP contribution in [0.15, 0.2) is 12.5 Å². The van der Waals surface area contributed by atoms with E-state index >= 15 is 0 Å². The summed E-state index contributed by atoms with van der Waals surface area (Å²) in [6, 6.07) is -0.464. The van der Waals surface area contributed by atoms with Gasteiger partial charge in [0.05, 0.1) is 18.2 Å². The molecule has 9 heteroatoms. The lowest BCUT2D eigenvalue weighted by atomic mass is 9.89. The molecule has 0 saturated carbocycles. The first kappa shape index (κ1) is 13.2. The molecule has 1 aliphatic heterocycles. The zero-order valence-electron chi connectivity index (χ0n) is 10.6. The highest BCUT2D eigenvalue weighted by Gasteiger charge is 2.49. The molecule has 2 aromatic heterocycles. The number of H-pyrrole nitrogens is 1. The van der Waals surface area contributed by atoms with Gasteiger partial charge in [-0.05, 0) is 0 Å². The lowest BCUT2D eigenvalue weighted by Crippen LogP contribution is -2.43. The van der Waals surface area contributed by atoms with Gasteiger partial charge in [0.25, 0.3) is 0 Å². The molecule has 1 fully saturated rings. The number of aliphatic hydroxyl groups is 2. The lowest BCUT2D eigenvalue weighted by molar-refractivity contribution is -0.0623. The fourth-order valence-electron chi connectivity index (χ4n) is 2.63. The number of rotatable bonds is 3. The van der Waals surface area contributed by atoms with Crippen LogP contribution in [-0.4, -0.2) is 50.5 Å². The maximum absolute atomic E-state index is 10.8. The normalized spacial score (nSPS) is 30.1. The number of fused-ring (bicyclic) bond motifs is 1. The van der Waals surface area contributed by atoms with Gasteiger partial charge in [0.2, 0.25) is 0 Å². The average Bonchev–Trinajstić information content (AvgIpc) is 2.98. The molecular weight excluding hydrogens is 264 g/mol. The van der Waals surface area contributed by atoms with Crippen LogP contribution in [0.5, 0.6) is 0 Å². The summed E-state index contributed by atoms with van der Waals surface area (Å²) < 4.78 is 0. The summed E-state index contributed by atoms with van der Waals surface area (Å²) in [4.78, 5) is 15.4. The van der Waals surface area contributed by atoms with E-state index in [0.29, 0.717) is 16.6 Å². The Balaban J connectivity index is 2.04. The molecule has 108 valence electrons. The fraction of sp³-hybridized carbons (Fsp3) is 0.455. The standard InChI is InChI=1S/C11H16N6O3/c12-10-8-7(16-4-17-10)5(1-14-8)11(19)3-15-6(2-20-13)9(11)18/h1,4,6,9,14-15,18-19H,2-3,13H2,(H2,12,16,17). The summed E-state index contributed by atoms with van der Waals surface area (Å²) in [6.45, 7) is 0.238. The molecule has 3 heterocycles. The number of nitrogens with one attached hydrogen (secondary N) is 2. The molecule has 0 radical (unpaired) electrons. The van der Waals surface area contributed by atoms with Gasteiger partial charge in [-0.25, -0.2) is 15.9 Å². The van der Waals surface area contributed by atoms with Crippen molar-refractivity contribution in [2.45, 2.75) is 17.7 Å². The van der Waals surface area contributed by atoms with Crippen LogP contribution in [0.1, 0.15) is 5.56 Å². The third-order valence-electron chi connectivity index (χ3n) is 3.74. The van der Waals surface area contributed by atoms with Gasteiger partial charge >= 0.3 is 0 Å². The number of β-amino-alcohol motifs (C(OH)–C–C–N with tert-alkyl or cyclic N) is 1. The Morgan fingerprint density at radius 3 is 3.05 bits per heavy atom. The summed E-state index contributed by atoms with van der Waals surface area (Å²) in [5.41, 5.74) is 5.71. The van der Waals surface area contributed by atoms with Crippen LogP contribution in [0.25, 0.3) is 11.0 Å². The first-order valence-corrected chi connectivity index (χ1v) is 6.11. The number of nitrogen functional groups attached to an aromatic ring is 1. The summed E-state index contributed by atoms with van der Waals surface area (Å²) in [5, 5.41) is 24.1. The van der Waals surface area contributed by atoms with Crippen molar-refractivity contribution in [3.05, 3.63) is 18.1 Å². The van der Waals surface area contributed by atoms with E-state index in [1.807, 2.05) is 0 Å². The van der Waals surface area contributed by atoms with Crippen molar-refractivity contribution in [2.75, 3.05) is 18.9 Å². The molecule has 20 heavy (non-hydrogen) atoms. The van der Waals surface area contributed by atoms with Gasteiger partial charge in [-0.3, -0.25) is 0 Å². The van der Waals surface area contributed by atoms with Crippen LogP contribution >= 0.6 is 0 Å². The van der Waals surface area contributed by atoms with E-state index in [0.717, 1.165) is 0 Å². The Bertz CT molecular complexity index is 632. The molecule has 8 N–H and O–H groups in total. The van der Waals surface area contributed by atoms with E-state index in [1.54, 1.807) is 6.20 Å². The number of hydrogen-bond donors (Lipinski definition) is 6. The van der Waals surface area contributed by atoms with E-state index in [1.165, 1.54) is 6.33 Å². The van der Waals surface area contributed by atoms with Gasteiger partial charge in [-0.15, -0.1) is 0 Å². The van der Waals surface area contributed by atoms with E-state index in [9.17, 15) is 10.2 Å².